The molecule has 0 saturated heterocycles. The van der Waals surface area contributed by atoms with E-state index in [1.165, 1.54) is 0 Å². The first-order valence-corrected chi connectivity index (χ1v) is 7.65. The number of halogens is 1. The van der Waals surface area contributed by atoms with Gasteiger partial charge in [-0.05, 0) is 20.4 Å². The van der Waals surface area contributed by atoms with E-state index in [4.69, 9.17) is 9.47 Å². The van der Waals surface area contributed by atoms with Crippen LogP contribution in [-0.2, 0) is 14.3 Å². The third-order valence-electron chi connectivity index (χ3n) is 3.11. The SMILES string of the molecule is CCNCCOCCOC(C)(C)C(F)CNC(=O)C(C)C. The van der Waals surface area contributed by atoms with Gasteiger partial charge >= 0.3 is 0 Å². The Hall–Kier alpha value is -0.720. The maximum absolute atomic E-state index is 14.1. The Balaban J connectivity index is 3.82. The van der Waals surface area contributed by atoms with Crippen molar-refractivity contribution in [2.75, 3.05) is 39.5 Å². The molecule has 1 unspecified atom stereocenters. The summed E-state index contributed by atoms with van der Waals surface area (Å²) >= 11 is 0. The highest BCUT2D eigenvalue weighted by Gasteiger charge is 2.30. The Labute approximate surface area is 128 Å². The fourth-order valence-corrected chi connectivity index (χ4v) is 1.52. The van der Waals surface area contributed by atoms with Gasteiger partial charge < -0.3 is 20.1 Å². The zero-order valence-electron chi connectivity index (χ0n) is 14.0. The highest BCUT2D eigenvalue weighted by molar-refractivity contribution is 5.77. The van der Waals surface area contributed by atoms with Gasteiger partial charge in [0.2, 0.25) is 5.91 Å². The molecule has 0 aromatic rings. The molecule has 1 atom stereocenters. The van der Waals surface area contributed by atoms with Crippen LogP contribution in [0.2, 0.25) is 0 Å². The number of hydrogen-bond acceptors (Lipinski definition) is 4. The van der Waals surface area contributed by atoms with Crippen molar-refractivity contribution in [2.45, 2.75) is 46.4 Å². The lowest BCUT2D eigenvalue weighted by molar-refractivity contribution is -0.125. The molecule has 0 bridgehead atoms. The first-order chi connectivity index (χ1) is 9.81. The molecule has 5 nitrogen and oxygen atoms in total. The molecular weight excluding hydrogens is 275 g/mol. The second-order valence-electron chi connectivity index (χ2n) is 5.79. The number of nitrogens with one attached hydrogen (secondary N) is 2. The van der Waals surface area contributed by atoms with Crippen LogP contribution in [0.1, 0.15) is 34.6 Å². The zero-order chi connectivity index (χ0) is 16.3. The predicted molar refractivity (Wildman–Crippen MR) is 82.1 cm³/mol. The molecule has 0 rings (SSSR count). The van der Waals surface area contributed by atoms with Gasteiger partial charge in [0.15, 0.2) is 0 Å². The Morgan fingerprint density at radius 1 is 1.24 bits per heavy atom. The van der Waals surface area contributed by atoms with E-state index in [0.717, 1.165) is 13.1 Å². The van der Waals surface area contributed by atoms with E-state index < -0.39 is 11.8 Å². The lowest BCUT2D eigenvalue weighted by Crippen LogP contribution is -2.45. The summed E-state index contributed by atoms with van der Waals surface area (Å²) in [5.41, 5.74) is -0.949. The van der Waals surface area contributed by atoms with E-state index in [1.807, 2.05) is 6.92 Å². The van der Waals surface area contributed by atoms with Crippen LogP contribution < -0.4 is 10.6 Å². The largest absolute Gasteiger partial charge is 0.378 e. The van der Waals surface area contributed by atoms with Crippen LogP contribution >= 0.6 is 0 Å². The van der Waals surface area contributed by atoms with Gasteiger partial charge in [-0.15, -0.1) is 0 Å². The highest BCUT2D eigenvalue weighted by Crippen LogP contribution is 2.17. The van der Waals surface area contributed by atoms with Crippen LogP contribution in [0.25, 0.3) is 0 Å². The van der Waals surface area contributed by atoms with Gasteiger partial charge in [0.25, 0.3) is 0 Å². The fourth-order valence-electron chi connectivity index (χ4n) is 1.52. The Kier molecular flexibility index (Phi) is 10.6. The number of likely N-dealkylation sites (N-methyl/N-ethyl adjacent to an activating group) is 1. The van der Waals surface area contributed by atoms with Crippen molar-refractivity contribution in [3.05, 3.63) is 0 Å². The molecule has 6 heteroatoms. The van der Waals surface area contributed by atoms with Gasteiger partial charge in [-0.1, -0.05) is 20.8 Å². The summed E-state index contributed by atoms with van der Waals surface area (Å²) in [6, 6.07) is 0. The molecular formula is C15H31FN2O3. The minimum absolute atomic E-state index is 0.0364. The van der Waals surface area contributed by atoms with Gasteiger partial charge in [-0.25, -0.2) is 4.39 Å². The molecule has 21 heavy (non-hydrogen) atoms. The first-order valence-electron chi connectivity index (χ1n) is 7.65. The zero-order valence-corrected chi connectivity index (χ0v) is 14.0. The van der Waals surface area contributed by atoms with Crippen molar-refractivity contribution < 1.29 is 18.7 Å². The van der Waals surface area contributed by atoms with Crippen LogP contribution in [0.15, 0.2) is 0 Å². The van der Waals surface area contributed by atoms with Crippen LogP contribution in [-0.4, -0.2) is 57.1 Å². The molecule has 0 radical (unpaired) electrons. The molecule has 0 heterocycles. The van der Waals surface area contributed by atoms with Crippen LogP contribution in [0.5, 0.6) is 0 Å². The molecule has 2 N–H and O–H groups in total. The third kappa shape index (κ3) is 9.77. The second kappa shape index (κ2) is 10.9. The molecule has 0 aliphatic heterocycles. The van der Waals surface area contributed by atoms with E-state index in [9.17, 15) is 9.18 Å². The summed E-state index contributed by atoms with van der Waals surface area (Å²) in [4.78, 5) is 11.4. The molecule has 126 valence electrons. The van der Waals surface area contributed by atoms with E-state index in [0.29, 0.717) is 19.8 Å². The van der Waals surface area contributed by atoms with Crippen molar-refractivity contribution in [1.82, 2.24) is 10.6 Å². The van der Waals surface area contributed by atoms with Crippen LogP contribution in [0, 0.1) is 5.92 Å². The molecule has 0 aromatic carbocycles. The van der Waals surface area contributed by atoms with Crippen LogP contribution in [0.4, 0.5) is 4.39 Å². The predicted octanol–water partition coefficient (Wildman–Crippen LogP) is 1.52. The Morgan fingerprint density at radius 2 is 1.90 bits per heavy atom. The molecule has 0 saturated carbocycles. The normalized spacial score (nSPS) is 13.5. The Morgan fingerprint density at radius 3 is 2.48 bits per heavy atom. The van der Waals surface area contributed by atoms with E-state index >= 15 is 0 Å². The average molecular weight is 306 g/mol. The highest BCUT2D eigenvalue weighted by atomic mass is 19.1. The number of hydrogen-bond donors (Lipinski definition) is 2. The number of alkyl halides is 1. The molecule has 0 aliphatic rings. The standard InChI is InChI=1S/C15H31FN2O3/c1-6-17-7-8-20-9-10-21-15(4,5)13(16)11-18-14(19)12(2)3/h12-13,17H,6-11H2,1-5H3,(H,18,19). The second-order valence-corrected chi connectivity index (χ2v) is 5.79. The average Bonchev–Trinajstić information content (AvgIpc) is 2.43. The molecule has 0 fully saturated rings. The van der Waals surface area contributed by atoms with E-state index in [1.54, 1.807) is 27.7 Å². The van der Waals surface area contributed by atoms with Crippen molar-refractivity contribution in [2.24, 2.45) is 5.92 Å². The molecule has 0 aromatic heterocycles. The van der Waals surface area contributed by atoms with Gasteiger partial charge in [0.1, 0.15) is 6.17 Å². The minimum atomic E-state index is -1.26. The summed E-state index contributed by atoms with van der Waals surface area (Å²) in [6.07, 6.45) is -1.26. The fraction of sp³-hybridized carbons (Fsp3) is 0.933. The summed E-state index contributed by atoms with van der Waals surface area (Å²) in [7, 11) is 0. The topological polar surface area (TPSA) is 59.6 Å². The number of ether oxygens (including phenoxy) is 2. The number of amides is 1. The van der Waals surface area contributed by atoms with Crippen molar-refractivity contribution >= 4 is 5.91 Å². The van der Waals surface area contributed by atoms with Gasteiger partial charge in [-0.3, -0.25) is 4.79 Å². The van der Waals surface area contributed by atoms with Gasteiger partial charge in [-0.2, -0.15) is 0 Å². The maximum atomic E-state index is 14.1. The van der Waals surface area contributed by atoms with Crippen molar-refractivity contribution in [3.8, 4) is 0 Å². The summed E-state index contributed by atoms with van der Waals surface area (Å²) in [6.45, 7) is 12.0. The monoisotopic (exact) mass is 306 g/mol. The molecule has 1 amide bonds. The molecule has 0 spiro atoms. The Bertz CT molecular complexity index is 286. The number of carbonyl (C=O) groups excluding carboxylic acids is 1. The summed E-state index contributed by atoms with van der Waals surface area (Å²) < 4.78 is 25.0. The van der Waals surface area contributed by atoms with E-state index in [2.05, 4.69) is 10.6 Å². The smallest absolute Gasteiger partial charge is 0.222 e. The maximum Gasteiger partial charge on any atom is 0.222 e. The lowest BCUT2D eigenvalue weighted by atomic mass is 10.0. The lowest BCUT2D eigenvalue weighted by Gasteiger charge is -2.29. The summed E-state index contributed by atoms with van der Waals surface area (Å²) in [5.74, 6) is -0.299. The van der Waals surface area contributed by atoms with Crippen LogP contribution in [0.3, 0.4) is 0 Å². The first kappa shape index (κ1) is 20.3. The molecule has 0 aliphatic carbocycles. The van der Waals surface area contributed by atoms with Gasteiger partial charge in [0, 0.05) is 12.5 Å². The quantitative estimate of drug-likeness (QED) is 0.537. The number of rotatable bonds is 12. The van der Waals surface area contributed by atoms with Gasteiger partial charge in [0.05, 0.1) is 32.0 Å². The van der Waals surface area contributed by atoms with E-state index in [-0.39, 0.29) is 18.4 Å². The van der Waals surface area contributed by atoms with Crippen molar-refractivity contribution in [3.63, 3.8) is 0 Å². The van der Waals surface area contributed by atoms with Crippen molar-refractivity contribution in [1.29, 1.82) is 0 Å². The number of carbonyl (C=O) groups is 1. The minimum Gasteiger partial charge on any atom is -0.378 e. The third-order valence-corrected chi connectivity index (χ3v) is 3.11. The summed E-state index contributed by atoms with van der Waals surface area (Å²) in [5, 5.41) is 5.72.